The van der Waals surface area contributed by atoms with Crippen LogP contribution >= 0.6 is 11.3 Å². The highest BCUT2D eigenvalue weighted by molar-refractivity contribution is 7.09. The number of hydrogen-bond acceptors (Lipinski definition) is 8. The number of nitrogens with one attached hydrogen (secondary N) is 1. The molecule has 1 aromatic heterocycles. The molecule has 4 atom stereocenters. The van der Waals surface area contributed by atoms with E-state index in [0.717, 1.165) is 5.56 Å². The summed E-state index contributed by atoms with van der Waals surface area (Å²) in [6.45, 7) is 12.2. The van der Waals surface area contributed by atoms with Crippen molar-refractivity contribution < 1.29 is 33.8 Å². The SMILES string of the molecule is CC(=O)OC(CC(C(C)C)N(C)C(=O)OC(C)(C)C)c1nc(C(=O)NC(Cc2ccccc2)CC(C)C(=O)O)cs1. The number of carboxylic acid groups (broad SMARTS) is 1. The Bertz CT molecular complexity index is 1180. The van der Waals surface area contributed by atoms with Crippen LogP contribution in [0.3, 0.4) is 0 Å². The van der Waals surface area contributed by atoms with Crippen molar-refractivity contribution in [2.75, 3.05) is 7.05 Å². The molecule has 226 valence electrons. The molecule has 0 saturated carbocycles. The van der Waals surface area contributed by atoms with Gasteiger partial charge in [-0.2, -0.15) is 0 Å². The highest BCUT2D eigenvalue weighted by Gasteiger charge is 2.33. The number of thiazole rings is 1. The van der Waals surface area contributed by atoms with Crippen LogP contribution in [0.15, 0.2) is 35.7 Å². The molecule has 2 N–H and O–H groups in total. The van der Waals surface area contributed by atoms with Gasteiger partial charge >= 0.3 is 18.0 Å². The number of carbonyl (C=O) groups excluding carboxylic acids is 3. The largest absolute Gasteiger partial charge is 0.481 e. The Morgan fingerprint density at radius 1 is 1.07 bits per heavy atom. The molecule has 4 unspecified atom stereocenters. The maximum absolute atomic E-state index is 13.2. The van der Waals surface area contributed by atoms with Gasteiger partial charge in [-0.1, -0.05) is 51.1 Å². The molecule has 0 aliphatic heterocycles. The zero-order valence-corrected chi connectivity index (χ0v) is 26.0. The molecule has 41 heavy (non-hydrogen) atoms. The van der Waals surface area contributed by atoms with E-state index in [2.05, 4.69) is 10.3 Å². The molecule has 11 heteroatoms. The van der Waals surface area contributed by atoms with Crippen LogP contribution in [-0.2, 0) is 25.5 Å². The van der Waals surface area contributed by atoms with Crippen molar-refractivity contribution in [3.8, 4) is 0 Å². The molecule has 2 amide bonds. The average molecular weight is 590 g/mol. The van der Waals surface area contributed by atoms with Crippen LogP contribution in [0.5, 0.6) is 0 Å². The third kappa shape index (κ3) is 11.1. The highest BCUT2D eigenvalue weighted by atomic mass is 32.1. The molecular weight excluding hydrogens is 546 g/mol. The second-order valence-corrected chi connectivity index (χ2v) is 12.5. The number of hydrogen-bond donors (Lipinski definition) is 2. The molecule has 10 nitrogen and oxygen atoms in total. The number of carbonyl (C=O) groups is 4. The van der Waals surface area contributed by atoms with E-state index in [9.17, 15) is 24.3 Å². The Hall–Kier alpha value is -3.47. The molecule has 0 bridgehead atoms. The maximum Gasteiger partial charge on any atom is 0.410 e. The number of aliphatic carboxylic acids is 1. The van der Waals surface area contributed by atoms with Crippen molar-refractivity contribution in [1.82, 2.24) is 15.2 Å². The van der Waals surface area contributed by atoms with E-state index < -0.39 is 47.6 Å². The molecule has 0 saturated heterocycles. The van der Waals surface area contributed by atoms with E-state index in [1.54, 1.807) is 40.1 Å². The Morgan fingerprint density at radius 2 is 1.71 bits per heavy atom. The Kier molecular flexibility index (Phi) is 12.3. The minimum Gasteiger partial charge on any atom is -0.481 e. The quantitative estimate of drug-likeness (QED) is 0.293. The van der Waals surface area contributed by atoms with Crippen molar-refractivity contribution >= 4 is 35.3 Å². The van der Waals surface area contributed by atoms with Crippen LogP contribution in [0.25, 0.3) is 0 Å². The van der Waals surface area contributed by atoms with Gasteiger partial charge in [-0.15, -0.1) is 11.3 Å². The van der Waals surface area contributed by atoms with Gasteiger partial charge in [0.15, 0.2) is 6.10 Å². The van der Waals surface area contributed by atoms with Crippen molar-refractivity contribution in [1.29, 1.82) is 0 Å². The Morgan fingerprint density at radius 3 is 2.24 bits per heavy atom. The van der Waals surface area contributed by atoms with Gasteiger partial charge in [-0.05, 0) is 45.1 Å². The van der Waals surface area contributed by atoms with Crippen molar-refractivity contribution in [2.45, 2.75) is 91.5 Å². The molecule has 1 heterocycles. The number of nitrogens with zero attached hydrogens (tertiary/aromatic N) is 2. The summed E-state index contributed by atoms with van der Waals surface area (Å²) in [4.78, 5) is 55.5. The molecular formula is C30H43N3O7S. The highest BCUT2D eigenvalue weighted by Crippen LogP contribution is 2.31. The summed E-state index contributed by atoms with van der Waals surface area (Å²) in [7, 11) is 1.65. The molecule has 0 fully saturated rings. The third-order valence-corrected chi connectivity index (χ3v) is 7.40. The first kappa shape index (κ1) is 33.7. The lowest BCUT2D eigenvalue weighted by Crippen LogP contribution is -2.44. The zero-order chi connectivity index (χ0) is 30.9. The van der Waals surface area contributed by atoms with Gasteiger partial charge in [0, 0.05) is 37.9 Å². The fourth-order valence-corrected chi connectivity index (χ4v) is 5.22. The van der Waals surface area contributed by atoms with Crippen LogP contribution in [0.2, 0.25) is 0 Å². The van der Waals surface area contributed by atoms with Gasteiger partial charge in [0.1, 0.15) is 16.3 Å². The number of carboxylic acids is 1. The predicted octanol–water partition coefficient (Wildman–Crippen LogP) is 5.48. The lowest BCUT2D eigenvalue weighted by atomic mass is 9.96. The summed E-state index contributed by atoms with van der Waals surface area (Å²) >= 11 is 1.18. The molecule has 2 aromatic rings. The number of aromatic nitrogens is 1. The van der Waals surface area contributed by atoms with Crippen LogP contribution in [0.1, 0.15) is 88.5 Å². The van der Waals surface area contributed by atoms with Gasteiger partial charge in [-0.25, -0.2) is 9.78 Å². The van der Waals surface area contributed by atoms with E-state index in [1.807, 2.05) is 44.2 Å². The zero-order valence-electron chi connectivity index (χ0n) is 25.2. The van der Waals surface area contributed by atoms with Gasteiger partial charge in [0.2, 0.25) is 0 Å². The summed E-state index contributed by atoms with van der Waals surface area (Å²) in [5.41, 5.74) is 0.447. The van der Waals surface area contributed by atoms with Gasteiger partial charge in [-0.3, -0.25) is 14.4 Å². The Balaban J connectivity index is 2.25. The lowest BCUT2D eigenvalue weighted by Gasteiger charge is -2.34. The normalized spacial score (nSPS) is 14.5. The summed E-state index contributed by atoms with van der Waals surface area (Å²) in [6, 6.07) is 8.75. The molecule has 2 rings (SSSR count). The minimum absolute atomic E-state index is 0.00303. The minimum atomic E-state index is -0.937. The van der Waals surface area contributed by atoms with E-state index in [-0.39, 0.29) is 30.5 Å². The molecule has 0 radical (unpaired) electrons. The fraction of sp³-hybridized carbons (Fsp3) is 0.567. The summed E-state index contributed by atoms with van der Waals surface area (Å²) in [6.07, 6.45) is -0.310. The third-order valence-electron chi connectivity index (χ3n) is 6.46. The topological polar surface area (TPSA) is 135 Å². The summed E-state index contributed by atoms with van der Waals surface area (Å²) in [5, 5.41) is 14.4. The van der Waals surface area contributed by atoms with Gasteiger partial charge < -0.3 is 24.8 Å². The summed E-state index contributed by atoms with van der Waals surface area (Å²) in [5.74, 6) is -2.54. The van der Waals surface area contributed by atoms with Gasteiger partial charge in [0.05, 0.1) is 5.92 Å². The first-order chi connectivity index (χ1) is 19.1. The number of amides is 2. The maximum atomic E-state index is 13.2. The number of esters is 1. The monoisotopic (exact) mass is 589 g/mol. The van der Waals surface area contributed by atoms with Crippen molar-refractivity contribution in [3.63, 3.8) is 0 Å². The van der Waals surface area contributed by atoms with E-state index in [0.29, 0.717) is 11.4 Å². The predicted molar refractivity (Wildman–Crippen MR) is 157 cm³/mol. The van der Waals surface area contributed by atoms with Gasteiger partial charge in [0.25, 0.3) is 5.91 Å². The fourth-order valence-electron chi connectivity index (χ4n) is 4.38. The average Bonchev–Trinajstić information content (AvgIpc) is 3.35. The lowest BCUT2D eigenvalue weighted by molar-refractivity contribution is -0.148. The number of benzene rings is 1. The number of ether oxygens (including phenoxy) is 2. The molecule has 1 aromatic carbocycles. The van der Waals surface area contributed by atoms with Crippen LogP contribution < -0.4 is 5.32 Å². The van der Waals surface area contributed by atoms with Crippen molar-refractivity contribution in [2.24, 2.45) is 11.8 Å². The first-order valence-corrected chi connectivity index (χ1v) is 14.6. The van der Waals surface area contributed by atoms with Crippen LogP contribution in [0.4, 0.5) is 4.79 Å². The van der Waals surface area contributed by atoms with E-state index in [1.165, 1.54) is 23.2 Å². The molecule has 0 aliphatic carbocycles. The standard InChI is InChI=1S/C30H43N3O7S/c1-18(2)24(33(8)29(38)40-30(5,6)7)16-25(39-20(4)34)27-32-23(17-41-27)26(35)31-22(14-19(3)28(36)37)15-21-12-10-9-11-13-21/h9-13,17-19,22,24-25H,14-16H2,1-8H3,(H,31,35)(H,36,37). The van der Waals surface area contributed by atoms with Crippen LogP contribution in [-0.4, -0.2) is 63.7 Å². The number of rotatable bonds is 13. The van der Waals surface area contributed by atoms with Crippen LogP contribution in [0, 0.1) is 11.8 Å². The molecule has 0 aliphatic rings. The second kappa shape index (κ2) is 15.0. The van der Waals surface area contributed by atoms with E-state index >= 15 is 0 Å². The Labute approximate surface area is 246 Å². The smallest absolute Gasteiger partial charge is 0.410 e. The second-order valence-electron chi connectivity index (χ2n) is 11.6. The van der Waals surface area contributed by atoms with Crippen molar-refractivity contribution in [3.05, 3.63) is 52.0 Å². The van der Waals surface area contributed by atoms with E-state index in [4.69, 9.17) is 9.47 Å². The first-order valence-electron chi connectivity index (χ1n) is 13.7. The summed E-state index contributed by atoms with van der Waals surface area (Å²) < 4.78 is 11.1. The molecule has 0 spiro atoms.